The van der Waals surface area contributed by atoms with Gasteiger partial charge in [-0.2, -0.15) is 4.98 Å². The molecule has 1 amide bonds. The number of amides is 1. The van der Waals surface area contributed by atoms with E-state index in [0.717, 1.165) is 30.6 Å². The van der Waals surface area contributed by atoms with Crippen molar-refractivity contribution < 1.29 is 13.9 Å². The summed E-state index contributed by atoms with van der Waals surface area (Å²) < 4.78 is 20.5. The smallest absolute Gasteiger partial charge is 0.225 e. The Morgan fingerprint density at radius 3 is 2.68 bits per heavy atom. The van der Waals surface area contributed by atoms with Crippen LogP contribution in [0, 0.1) is 5.82 Å². The Balaban J connectivity index is 1.35. The molecule has 7 nitrogen and oxygen atoms in total. The van der Waals surface area contributed by atoms with Gasteiger partial charge in [0.1, 0.15) is 11.9 Å². The van der Waals surface area contributed by atoms with Crippen LogP contribution in [0.25, 0.3) is 0 Å². The molecule has 2 atom stereocenters. The topological polar surface area (TPSA) is 79.4 Å². The molecule has 1 saturated heterocycles. The molecule has 2 aromatic rings. The van der Waals surface area contributed by atoms with Crippen molar-refractivity contribution >= 4 is 17.7 Å². The fourth-order valence-corrected chi connectivity index (χ4v) is 4.33. The standard InChI is InChI=1S/C23H30FN5O2/c1-15(26-16(2)30)17-7-9-19(10-8-17)31-20-11-12-29(14-20)22-21(24)13-25-23(28-22)27-18-5-3-4-6-18/h7-10,13,15,18,20H,3-6,11-12,14H2,1-2H3,(H,26,30)(H,25,27,28)/t15-,20+/m0/s1. The maximum atomic E-state index is 14.4. The van der Waals surface area contributed by atoms with Gasteiger partial charge < -0.3 is 20.3 Å². The number of carbonyl (C=O) groups excluding carboxylic acids is 1. The van der Waals surface area contributed by atoms with Gasteiger partial charge >= 0.3 is 0 Å². The largest absolute Gasteiger partial charge is 0.489 e. The van der Waals surface area contributed by atoms with Crippen LogP contribution in [0.2, 0.25) is 0 Å². The Morgan fingerprint density at radius 2 is 1.97 bits per heavy atom. The highest BCUT2D eigenvalue weighted by atomic mass is 19.1. The molecule has 2 heterocycles. The van der Waals surface area contributed by atoms with Gasteiger partial charge in [0, 0.05) is 25.9 Å². The van der Waals surface area contributed by atoms with Crippen molar-refractivity contribution in [2.24, 2.45) is 0 Å². The molecule has 1 saturated carbocycles. The second-order valence-electron chi connectivity index (χ2n) is 8.46. The van der Waals surface area contributed by atoms with Gasteiger partial charge in [-0.25, -0.2) is 9.37 Å². The number of aromatic nitrogens is 2. The van der Waals surface area contributed by atoms with E-state index in [0.29, 0.717) is 30.9 Å². The molecule has 1 aliphatic carbocycles. The average molecular weight is 428 g/mol. The number of nitrogens with zero attached hydrogens (tertiary/aromatic N) is 3. The first kappa shape index (κ1) is 21.3. The zero-order valence-corrected chi connectivity index (χ0v) is 18.1. The number of carbonyl (C=O) groups is 1. The lowest BCUT2D eigenvalue weighted by atomic mass is 10.1. The summed E-state index contributed by atoms with van der Waals surface area (Å²) in [5.74, 6) is 1.13. The number of halogens is 1. The molecule has 2 fully saturated rings. The molecule has 0 unspecified atom stereocenters. The molecule has 1 aromatic carbocycles. The van der Waals surface area contributed by atoms with E-state index in [1.54, 1.807) is 0 Å². The summed E-state index contributed by atoms with van der Waals surface area (Å²) in [4.78, 5) is 21.7. The predicted molar refractivity (Wildman–Crippen MR) is 118 cm³/mol. The number of hydrogen-bond donors (Lipinski definition) is 2. The highest BCUT2D eigenvalue weighted by molar-refractivity contribution is 5.73. The third kappa shape index (κ3) is 5.42. The Morgan fingerprint density at radius 1 is 1.23 bits per heavy atom. The number of ether oxygens (including phenoxy) is 1. The summed E-state index contributed by atoms with van der Waals surface area (Å²) in [5, 5.41) is 6.20. The molecule has 166 valence electrons. The SMILES string of the molecule is CC(=O)N[C@@H](C)c1ccc(O[C@@H]2CCN(c3nc(NC4CCCC4)ncc3F)C2)cc1. The zero-order valence-electron chi connectivity index (χ0n) is 18.1. The lowest BCUT2D eigenvalue weighted by Gasteiger charge is -2.20. The van der Waals surface area contributed by atoms with E-state index in [2.05, 4.69) is 20.6 Å². The maximum Gasteiger partial charge on any atom is 0.225 e. The maximum absolute atomic E-state index is 14.4. The molecule has 0 radical (unpaired) electrons. The lowest BCUT2D eigenvalue weighted by molar-refractivity contribution is -0.119. The van der Waals surface area contributed by atoms with Crippen LogP contribution in [0.4, 0.5) is 16.2 Å². The van der Waals surface area contributed by atoms with E-state index in [1.165, 1.54) is 26.0 Å². The minimum Gasteiger partial charge on any atom is -0.489 e. The predicted octanol–water partition coefficient (Wildman–Crippen LogP) is 3.83. The van der Waals surface area contributed by atoms with E-state index in [9.17, 15) is 9.18 Å². The molecule has 0 spiro atoms. The molecule has 31 heavy (non-hydrogen) atoms. The van der Waals surface area contributed by atoms with Crippen LogP contribution in [0.3, 0.4) is 0 Å². The molecule has 1 aromatic heterocycles. The second kappa shape index (κ2) is 9.49. The van der Waals surface area contributed by atoms with Crippen molar-refractivity contribution in [2.75, 3.05) is 23.3 Å². The Kier molecular flexibility index (Phi) is 6.53. The Bertz CT molecular complexity index is 901. The van der Waals surface area contributed by atoms with E-state index in [-0.39, 0.29) is 18.1 Å². The van der Waals surface area contributed by atoms with Crippen LogP contribution >= 0.6 is 0 Å². The molecule has 2 N–H and O–H groups in total. The first-order chi connectivity index (χ1) is 15.0. The summed E-state index contributed by atoms with van der Waals surface area (Å²) in [5.41, 5.74) is 1.01. The third-order valence-electron chi connectivity index (χ3n) is 5.96. The van der Waals surface area contributed by atoms with Gasteiger partial charge in [0.25, 0.3) is 0 Å². The minimum atomic E-state index is -0.408. The van der Waals surface area contributed by atoms with E-state index < -0.39 is 5.82 Å². The van der Waals surface area contributed by atoms with Crippen molar-refractivity contribution in [2.45, 2.75) is 64.1 Å². The Labute approximate surface area is 182 Å². The van der Waals surface area contributed by atoms with Gasteiger partial charge in [0.15, 0.2) is 11.6 Å². The summed E-state index contributed by atoms with van der Waals surface area (Å²) in [6, 6.07) is 8.04. The quantitative estimate of drug-likeness (QED) is 0.699. The highest BCUT2D eigenvalue weighted by Crippen LogP contribution is 2.27. The second-order valence-corrected chi connectivity index (χ2v) is 8.46. The monoisotopic (exact) mass is 427 g/mol. The van der Waals surface area contributed by atoms with Gasteiger partial charge in [-0.15, -0.1) is 0 Å². The first-order valence-corrected chi connectivity index (χ1v) is 11.1. The fourth-order valence-electron chi connectivity index (χ4n) is 4.33. The van der Waals surface area contributed by atoms with Crippen molar-refractivity contribution in [1.29, 1.82) is 0 Å². The highest BCUT2D eigenvalue weighted by Gasteiger charge is 2.28. The van der Waals surface area contributed by atoms with Crippen molar-refractivity contribution in [3.8, 4) is 5.75 Å². The molecule has 0 bridgehead atoms. The van der Waals surface area contributed by atoms with Crippen molar-refractivity contribution in [1.82, 2.24) is 15.3 Å². The van der Waals surface area contributed by atoms with Crippen LogP contribution in [0.1, 0.15) is 57.6 Å². The molecule has 2 aliphatic rings. The first-order valence-electron chi connectivity index (χ1n) is 11.1. The van der Waals surface area contributed by atoms with E-state index >= 15 is 0 Å². The summed E-state index contributed by atoms with van der Waals surface area (Å²) in [7, 11) is 0. The zero-order chi connectivity index (χ0) is 21.8. The fraction of sp³-hybridized carbons (Fsp3) is 0.522. The van der Waals surface area contributed by atoms with Gasteiger partial charge in [-0.3, -0.25) is 4.79 Å². The summed E-state index contributed by atoms with van der Waals surface area (Å²) in [6.45, 7) is 4.70. The average Bonchev–Trinajstić information content (AvgIpc) is 3.42. The van der Waals surface area contributed by atoms with E-state index in [4.69, 9.17) is 4.74 Å². The molecule has 1 aliphatic heterocycles. The van der Waals surface area contributed by atoms with Crippen LogP contribution < -0.4 is 20.3 Å². The van der Waals surface area contributed by atoms with Gasteiger partial charge in [-0.1, -0.05) is 25.0 Å². The third-order valence-corrected chi connectivity index (χ3v) is 5.96. The van der Waals surface area contributed by atoms with Crippen LogP contribution in [-0.2, 0) is 4.79 Å². The molecule has 4 rings (SSSR count). The van der Waals surface area contributed by atoms with Crippen molar-refractivity contribution in [3.63, 3.8) is 0 Å². The van der Waals surface area contributed by atoms with Gasteiger partial charge in [0.05, 0.1) is 18.8 Å². The number of hydrogen-bond acceptors (Lipinski definition) is 6. The van der Waals surface area contributed by atoms with Gasteiger partial charge in [0.2, 0.25) is 11.9 Å². The van der Waals surface area contributed by atoms with Crippen LogP contribution in [0.5, 0.6) is 5.75 Å². The number of nitrogens with one attached hydrogen (secondary N) is 2. The minimum absolute atomic E-state index is 0.0424. The normalized spacial score (nSPS) is 20.0. The van der Waals surface area contributed by atoms with Crippen LogP contribution in [-0.4, -0.2) is 41.1 Å². The van der Waals surface area contributed by atoms with Crippen LogP contribution in [0.15, 0.2) is 30.5 Å². The summed E-state index contributed by atoms with van der Waals surface area (Å²) in [6.07, 6.45) is 6.64. The summed E-state index contributed by atoms with van der Waals surface area (Å²) >= 11 is 0. The number of rotatable bonds is 7. The number of anilines is 2. The molecule has 8 heteroatoms. The van der Waals surface area contributed by atoms with E-state index in [1.807, 2.05) is 36.1 Å². The van der Waals surface area contributed by atoms with Crippen molar-refractivity contribution in [3.05, 3.63) is 41.8 Å². The molecular weight excluding hydrogens is 397 g/mol. The van der Waals surface area contributed by atoms with Gasteiger partial charge in [-0.05, 0) is 37.5 Å². The Hall–Kier alpha value is -2.90. The lowest BCUT2D eigenvalue weighted by Crippen LogP contribution is -2.27. The molecular formula is C23H30FN5O2. The number of benzene rings is 1.